The highest BCUT2D eigenvalue weighted by Crippen LogP contribution is 2.17. The molecule has 1 aromatic rings. The van der Waals surface area contributed by atoms with E-state index in [0.29, 0.717) is 16.3 Å². The number of nitrogens with two attached hydrogens (primary N) is 1. The van der Waals surface area contributed by atoms with E-state index in [-0.39, 0.29) is 18.3 Å². The van der Waals surface area contributed by atoms with Crippen molar-refractivity contribution in [1.82, 2.24) is 5.32 Å². The molecule has 0 aromatic heterocycles. The van der Waals surface area contributed by atoms with Gasteiger partial charge in [-0.15, -0.1) is 12.4 Å². The molecule has 0 bridgehead atoms. The first-order valence-corrected chi connectivity index (χ1v) is 3.80. The summed E-state index contributed by atoms with van der Waals surface area (Å²) in [6, 6.07) is 4.77. The van der Waals surface area contributed by atoms with Crippen molar-refractivity contribution in [1.29, 1.82) is 0 Å². The molecule has 72 valence electrons. The van der Waals surface area contributed by atoms with Crippen LogP contribution in [0.15, 0.2) is 18.2 Å². The van der Waals surface area contributed by atoms with E-state index in [1.807, 2.05) is 0 Å². The van der Waals surface area contributed by atoms with Crippen LogP contribution < -0.4 is 11.1 Å². The minimum Gasteiger partial charge on any atom is -0.398 e. The van der Waals surface area contributed by atoms with Gasteiger partial charge in [-0.2, -0.15) is 0 Å². The summed E-state index contributed by atoms with van der Waals surface area (Å²) in [7, 11) is 1.55. The molecule has 0 saturated heterocycles. The molecule has 0 unspecified atom stereocenters. The van der Waals surface area contributed by atoms with Crippen molar-refractivity contribution in [2.45, 2.75) is 0 Å². The smallest absolute Gasteiger partial charge is 0.253 e. The van der Waals surface area contributed by atoms with Gasteiger partial charge in [-0.1, -0.05) is 11.6 Å². The molecule has 0 aliphatic rings. The molecule has 0 aliphatic heterocycles. The van der Waals surface area contributed by atoms with E-state index in [1.54, 1.807) is 25.2 Å². The van der Waals surface area contributed by atoms with Gasteiger partial charge in [0, 0.05) is 17.8 Å². The van der Waals surface area contributed by atoms with Crippen molar-refractivity contribution >= 4 is 35.6 Å². The van der Waals surface area contributed by atoms with E-state index in [9.17, 15) is 4.79 Å². The number of carbonyl (C=O) groups excluding carboxylic acids is 1. The molecule has 1 aromatic carbocycles. The van der Waals surface area contributed by atoms with Gasteiger partial charge in [-0.25, -0.2) is 0 Å². The number of carbonyl (C=O) groups is 1. The van der Waals surface area contributed by atoms with Gasteiger partial charge >= 0.3 is 0 Å². The molecular weight excluding hydrogens is 211 g/mol. The second-order valence-electron chi connectivity index (χ2n) is 2.31. The molecule has 1 rings (SSSR count). The van der Waals surface area contributed by atoms with E-state index in [0.717, 1.165) is 0 Å². The lowest BCUT2D eigenvalue weighted by molar-refractivity contribution is 0.0964. The van der Waals surface area contributed by atoms with Crippen LogP contribution in [-0.4, -0.2) is 13.0 Å². The van der Waals surface area contributed by atoms with E-state index in [2.05, 4.69) is 5.32 Å². The maximum Gasteiger partial charge on any atom is 0.253 e. The molecule has 0 spiro atoms. The first-order valence-electron chi connectivity index (χ1n) is 3.42. The maximum absolute atomic E-state index is 11.1. The minimum atomic E-state index is -0.204. The summed E-state index contributed by atoms with van der Waals surface area (Å²) in [5, 5.41) is 3.01. The summed E-state index contributed by atoms with van der Waals surface area (Å²) in [5.74, 6) is -0.204. The standard InChI is InChI=1S/C8H9ClN2O.ClH/c1-11-8(12)6-3-2-5(9)4-7(6)10;/h2-4H,10H2,1H3,(H,11,12);1H. The van der Waals surface area contributed by atoms with E-state index in [1.165, 1.54) is 0 Å². The number of nitrogens with one attached hydrogen (secondary N) is 1. The van der Waals surface area contributed by atoms with E-state index in [4.69, 9.17) is 17.3 Å². The third-order valence-corrected chi connectivity index (χ3v) is 1.72. The number of amides is 1. The number of halogens is 2. The third kappa shape index (κ3) is 2.79. The first-order chi connectivity index (χ1) is 5.65. The van der Waals surface area contributed by atoms with Crippen molar-refractivity contribution in [3.8, 4) is 0 Å². The van der Waals surface area contributed by atoms with Crippen molar-refractivity contribution in [2.24, 2.45) is 0 Å². The molecule has 0 saturated carbocycles. The quantitative estimate of drug-likeness (QED) is 0.709. The summed E-state index contributed by atoms with van der Waals surface area (Å²) in [6.45, 7) is 0. The minimum absolute atomic E-state index is 0. The predicted molar refractivity (Wildman–Crippen MR) is 56.5 cm³/mol. The molecular formula is C8H10Cl2N2O. The number of hydrogen-bond acceptors (Lipinski definition) is 2. The SMILES string of the molecule is CNC(=O)c1ccc(Cl)cc1N.Cl. The summed E-state index contributed by atoms with van der Waals surface area (Å²) < 4.78 is 0. The lowest BCUT2D eigenvalue weighted by Gasteiger charge is -2.03. The van der Waals surface area contributed by atoms with Gasteiger partial charge in [0.25, 0.3) is 5.91 Å². The van der Waals surface area contributed by atoms with E-state index < -0.39 is 0 Å². The summed E-state index contributed by atoms with van der Waals surface area (Å²) in [4.78, 5) is 11.1. The first kappa shape index (κ1) is 12.1. The molecule has 0 radical (unpaired) electrons. The van der Waals surface area contributed by atoms with Crippen molar-refractivity contribution < 1.29 is 4.79 Å². The fourth-order valence-corrected chi connectivity index (χ4v) is 1.06. The molecule has 0 aliphatic carbocycles. The fourth-order valence-electron chi connectivity index (χ4n) is 0.875. The highest BCUT2D eigenvalue weighted by atomic mass is 35.5. The molecule has 5 heteroatoms. The fraction of sp³-hybridized carbons (Fsp3) is 0.125. The molecule has 3 nitrogen and oxygen atoms in total. The average molecular weight is 221 g/mol. The van der Waals surface area contributed by atoms with Gasteiger partial charge < -0.3 is 11.1 Å². The van der Waals surface area contributed by atoms with Gasteiger partial charge in [0.1, 0.15) is 0 Å². The van der Waals surface area contributed by atoms with Gasteiger partial charge in [0.15, 0.2) is 0 Å². The summed E-state index contributed by atoms with van der Waals surface area (Å²) in [5.41, 5.74) is 6.39. The Balaban J connectivity index is 0.00000144. The number of rotatable bonds is 1. The van der Waals surface area contributed by atoms with Gasteiger partial charge in [0.2, 0.25) is 0 Å². The molecule has 0 atom stereocenters. The molecule has 0 fully saturated rings. The number of nitrogen functional groups attached to an aromatic ring is 1. The Morgan fingerprint density at radius 2 is 2.15 bits per heavy atom. The largest absolute Gasteiger partial charge is 0.398 e. The Kier molecular flexibility index (Phi) is 4.59. The molecule has 13 heavy (non-hydrogen) atoms. The zero-order chi connectivity index (χ0) is 9.14. The topological polar surface area (TPSA) is 55.1 Å². The average Bonchev–Trinajstić information content (AvgIpc) is 2.03. The van der Waals surface area contributed by atoms with Crippen molar-refractivity contribution in [3.05, 3.63) is 28.8 Å². The Labute approximate surface area is 87.7 Å². The predicted octanol–water partition coefficient (Wildman–Crippen LogP) is 1.70. The van der Waals surface area contributed by atoms with Gasteiger partial charge in [-0.3, -0.25) is 4.79 Å². The van der Waals surface area contributed by atoms with Crippen LogP contribution >= 0.6 is 24.0 Å². The lowest BCUT2D eigenvalue weighted by Crippen LogP contribution is -2.19. The third-order valence-electron chi connectivity index (χ3n) is 1.49. The molecule has 1 amide bonds. The lowest BCUT2D eigenvalue weighted by atomic mass is 10.2. The molecule has 0 heterocycles. The van der Waals surface area contributed by atoms with Crippen LogP contribution in [0.25, 0.3) is 0 Å². The van der Waals surface area contributed by atoms with Crippen LogP contribution in [0, 0.1) is 0 Å². The Morgan fingerprint density at radius 3 is 2.62 bits per heavy atom. The second kappa shape index (κ2) is 4.94. The van der Waals surface area contributed by atoms with Crippen LogP contribution in [0.1, 0.15) is 10.4 Å². The second-order valence-corrected chi connectivity index (χ2v) is 2.75. The highest BCUT2D eigenvalue weighted by molar-refractivity contribution is 6.31. The van der Waals surface area contributed by atoms with Crippen LogP contribution in [0.4, 0.5) is 5.69 Å². The number of anilines is 1. The van der Waals surface area contributed by atoms with Crippen molar-refractivity contribution in [2.75, 3.05) is 12.8 Å². The van der Waals surface area contributed by atoms with E-state index >= 15 is 0 Å². The number of benzene rings is 1. The highest BCUT2D eigenvalue weighted by Gasteiger charge is 2.06. The monoisotopic (exact) mass is 220 g/mol. The van der Waals surface area contributed by atoms with Gasteiger partial charge in [-0.05, 0) is 18.2 Å². The van der Waals surface area contributed by atoms with Crippen LogP contribution in [-0.2, 0) is 0 Å². The van der Waals surface area contributed by atoms with Gasteiger partial charge in [0.05, 0.1) is 5.56 Å². The normalized spacial score (nSPS) is 8.77. The Morgan fingerprint density at radius 1 is 1.54 bits per heavy atom. The van der Waals surface area contributed by atoms with Crippen LogP contribution in [0.2, 0.25) is 5.02 Å². The molecule has 3 N–H and O–H groups in total. The van der Waals surface area contributed by atoms with Crippen LogP contribution in [0.3, 0.4) is 0 Å². The van der Waals surface area contributed by atoms with Crippen LogP contribution in [0.5, 0.6) is 0 Å². The van der Waals surface area contributed by atoms with Crippen molar-refractivity contribution in [3.63, 3.8) is 0 Å². The zero-order valence-corrected chi connectivity index (χ0v) is 8.58. The summed E-state index contributed by atoms with van der Waals surface area (Å²) >= 11 is 5.65. The Hall–Kier alpha value is -0.930. The zero-order valence-electron chi connectivity index (χ0n) is 7.00. The maximum atomic E-state index is 11.1. The summed E-state index contributed by atoms with van der Waals surface area (Å²) in [6.07, 6.45) is 0. The Bertz CT molecular complexity index is 315. The number of hydrogen-bond donors (Lipinski definition) is 2.